The number of aliphatic hydroxyl groups excluding tert-OH is 1. The van der Waals surface area contributed by atoms with Crippen molar-refractivity contribution < 1.29 is 14.6 Å². The van der Waals surface area contributed by atoms with Gasteiger partial charge in [-0.3, -0.25) is 4.79 Å². The first-order chi connectivity index (χ1) is 17.0. The molecule has 0 radical (unpaired) electrons. The maximum atomic E-state index is 11.4. The highest BCUT2D eigenvalue weighted by molar-refractivity contribution is 7.99. The first-order valence-electron chi connectivity index (χ1n) is 11.5. The molecule has 6 nitrogen and oxygen atoms in total. The lowest BCUT2D eigenvalue weighted by Crippen LogP contribution is -2.21. The molecule has 35 heavy (non-hydrogen) atoms. The van der Waals surface area contributed by atoms with Crippen molar-refractivity contribution in [1.29, 1.82) is 0 Å². The van der Waals surface area contributed by atoms with Gasteiger partial charge in [-0.05, 0) is 61.2 Å². The lowest BCUT2D eigenvalue weighted by Gasteiger charge is -2.22. The predicted molar refractivity (Wildman–Crippen MR) is 138 cm³/mol. The van der Waals surface area contributed by atoms with Crippen molar-refractivity contribution in [2.75, 3.05) is 0 Å². The molecule has 0 bridgehead atoms. The van der Waals surface area contributed by atoms with Crippen LogP contribution in [0.1, 0.15) is 41.0 Å². The minimum atomic E-state index is -0.620. The summed E-state index contributed by atoms with van der Waals surface area (Å²) in [5, 5.41) is 10.3. The fourth-order valence-electron chi connectivity index (χ4n) is 3.88. The van der Waals surface area contributed by atoms with E-state index >= 15 is 0 Å². The highest BCUT2D eigenvalue weighted by Crippen LogP contribution is 2.28. The van der Waals surface area contributed by atoms with Crippen LogP contribution in [0.25, 0.3) is 0 Å². The van der Waals surface area contributed by atoms with Crippen LogP contribution >= 0.6 is 11.8 Å². The van der Waals surface area contributed by atoms with E-state index in [0.29, 0.717) is 19.4 Å². The van der Waals surface area contributed by atoms with Gasteiger partial charge in [-0.15, -0.1) is 0 Å². The minimum absolute atomic E-state index is 0.188. The zero-order valence-corrected chi connectivity index (χ0v) is 20.4. The first-order valence-corrected chi connectivity index (χ1v) is 12.3. The molecule has 4 rings (SSSR count). The number of primary amides is 1. The van der Waals surface area contributed by atoms with Gasteiger partial charge in [0.2, 0.25) is 0 Å². The molecule has 7 heteroatoms. The third-order valence-electron chi connectivity index (χ3n) is 5.77. The van der Waals surface area contributed by atoms with Crippen molar-refractivity contribution in [2.24, 2.45) is 5.73 Å². The van der Waals surface area contributed by atoms with Gasteiger partial charge < -0.3 is 20.1 Å². The van der Waals surface area contributed by atoms with Gasteiger partial charge in [0.15, 0.2) is 0 Å². The summed E-state index contributed by atoms with van der Waals surface area (Å²) in [6, 6.07) is 26.4. The molecule has 2 atom stereocenters. The Morgan fingerprint density at radius 1 is 1.03 bits per heavy atom. The zero-order chi connectivity index (χ0) is 24.6. The number of ether oxygens (including phenoxy) is 1. The largest absolute Gasteiger partial charge is 0.489 e. The van der Waals surface area contributed by atoms with E-state index in [9.17, 15) is 9.90 Å². The second-order valence-corrected chi connectivity index (χ2v) is 9.52. The lowest BCUT2D eigenvalue weighted by atomic mass is 10.0. The standard InChI is InChI=1S/C28H29N3O3S/c1-20(32)26(31-17-25(28(29)33)30-19-31)16-13-22-7-5-6-10-27(22)34-18-21-11-14-24(15-12-21)35-23-8-3-2-4-9-23/h2-12,14-15,17,19-20,26,32H,13,16,18H2,1H3,(H2,29,33). The molecule has 0 aliphatic heterocycles. The van der Waals surface area contributed by atoms with E-state index in [-0.39, 0.29) is 11.7 Å². The minimum Gasteiger partial charge on any atom is -0.489 e. The summed E-state index contributed by atoms with van der Waals surface area (Å²) in [7, 11) is 0. The maximum Gasteiger partial charge on any atom is 0.268 e. The summed E-state index contributed by atoms with van der Waals surface area (Å²) in [6.07, 6.45) is 3.85. The summed E-state index contributed by atoms with van der Waals surface area (Å²) in [4.78, 5) is 17.8. The van der Waals surface area contributed by atoms with Gasteiger partial charge in [0.1, 0.15) is 18.1 Å². The number of nitrogens with two attached hydrogens (primary N) is 1. The molecule has 0 fully saturated rings. The second-order valence-electron chi connectivity index (χ2n) is 8.37. The van der Waals surface area contributed by atoms with E-state index in [4.69, 9.17) is 10.5 Å². The normalized spacial score (nSPS) is 12.7. The number of aromatic nitrogens is 2. The van der Waals surface area contributed by atoms with E-state index < -0.39 is 12.0 Å². The van der Waals surface area contributed by atoms with Gasteiger partial charge in [0.05, 0.1) is 18.5 Å². The summed E-state index contributed by atoms with van der Waals surface area (Å²) in [5.74, 6) is 0.238. The van der Waals surface area contributed by atoms with Gasteiger partial charge >= 0.3 is 0 Å². The molecule has 4 aromatic rings. The zero-order valence-electron chi connectivity index (χ0n) is 19.6. The fraction of sp³-hybridized carbons (Fsp3) is 0.214. The summed E-state index contributed by atoms with van der Waals surface area (Å²) in [5.41, 5.74) is 7.66. The van der Waals surface area contributed by atoms with Crippen LogP contribution in [-0.4, -0.2) is 26.7 Å². The fourth-order valence-corrected chi connectivity index (χ4v) is 4.72. The molecule has 3 N–H and O–H groups in total. The lowest BCUT2D eigenvalue weighted by molar-refractivity contribution is 0.0994. The Hall–Kier alpha value is -3.55. The van der Waals surface area contributed by atoms with Crippen molar-refractivity contribution in [3.05, 3.63) is 108 Å². The molecular weight excluding hydrogens is 458 g/mol. The number of benzene rings is 3. The van der Waals surface area contributed by atoms with Crippen molar-refractivity contribution in [2.45, 2.75) is 48.3 Å². The number of hydrogen-bond acceptors (Lipinski definition) is 5. The Bertz CT molecular complexity index is 1240. The van der Waals surface area contributed by atoms with Crippen LogP contribution in [0.2, 0.25) is 0 Å². The molecule has 2 unspecified atom stereocenters. The van der Waals surface area contributed by atoms with Crippen LogP contribution in [0.15, 0.2) is 101 Å². The summed E-state index contributed by atoms with van der Waals surface area (Å²) in [6.45, 7) is 2.20. The Labute approximate surface area is 209 Å². The molecule has 1 heterocycles. The second kappa shape index (κ2) is 11.7. The summed E-state index contributed by atoms with van der Waals surface area (Å²) >= 11 is 1.73. The van der Waals surface area contributed by atoms with Crippen LogP contribution in [-0.2, 0) is 13.0 Å². The Kier molecular flexibility index (Phi) is 8.23. The van der Waals surface area contributed by atoms with Crippen LogP contribution in [0.5, 0.6) is 5.75 Å². The molecule has 0 saturated heterocycles. The first kappa shape index (κ1) is 24.6. The number of hydrogen-bond donors (Lipinski definition) is 2. The maximum absolute atomic E-state index is 11.4. The van der Waals surface area contributed by atoms with Crippen LogP contribution in [0, 0.1) is 0 Å². The van der Waals surface area contributed by atoms with Gasteiger partial charge in [-0.2, -0.15) is 0 Å². The van der Waals surface area contributed by atoms with E-state index in [2.05, 4.69) is 41.4 Å². The number of amides is 1. The average molecular weight is 488 g/mol. The molecule has 0 saturated carbocycles. The SMILES string of the molecule is CC(O)C(CCc1ccccc1OCc1ccc(Sc2ccccc2)cc1)n1cnc(C(N)=O)c1. The van der Waals surface area contributed by atoms with E-state index in [1.807, 2.05) is 42.5 Å². The third-order valence-corrected chi connectivity index (χ3v) is 6.79. The van der Waals surface area contributed by atoms with E-state index in [1.165, 1.54) is 9.79 Å². The quantitative estimate of drug-likeness (QED) is 0.301. The number of para-hydroxylation sites is 1. The number of carbonyl (C=O) groups is 1. The van der Waals surface area contributed by atoms with Crippen LogP contribution in [0.4, 0.5) is 0 Å². The summed E-state index contributed by atoms with van der Waals surface area (Å²) < 4.78 is 7.92. The monoisotopic (exact) mass is 487 g/mol. The highest BCUT2D eigenvalue weighted by atomic mass is 32.2. The Morgan fingerprint density at radius 2 is 1.71 bits per heavy atom. The Morgan fingerprint density at radius 3 is 2.40 bits per heavy atom. The number of carbonyl (C=O) groups excluding carboxylic acids is 1. The van der Waals surface area contributed by atoms with Crippen molar-refractivity contribution in [3.63, 3.8) is 0 Å². The molecule has 180 valence electrons. The van der Waals surface area contributed by atoms with Crippen LogP contribution in [0.3, 0.4) is 0 Å². The number of nitrogens with zero attached hydrogens (tertiary/aromatic N) is 2. The molecular formula is C28H29N3O3S. The molecule has 1 aromatic heterocycles. The van der Waals surface area contributed by atoms with Crippen LogP contribution < -0.4 is 10.5 Å². The van der Waals surface area contributed by atoms with Gasteiger partial charge in [0.25, 0.3) is 5.91 Å². The van der Waals surface area contributed by atoms with Crippen molar-refractivity contribution in [1.82, 2.24) is 9.55 Å². The number of rotatable bonds is 11. The number of imidazole rings is 1. The van der Waals surface area contributed by atoms with E-state index in [1.54, 1.807) is 35.8 Å². The molecule has 0 spiro atoms. The van der Waals surface area contributed by atoms with Gasteiger partial charge in [0, 0.05) is 16.0 Å². The number of aryl methyl sites for hydroxylation is 1. The Balaban J connectivity index is 1.37. The van der Waals surface area contributed by atoms with Gasteiger partial charge in [-0.1, -0.05) is 60.3 Å². The van der Waals surface area contributed by atoms with Crippen molar-refractivity contribution in [3.8, 4) is 5.75 Å². The predicted octanol–water partition coefficient (Wildman–Crippen LogP) is 5.27. The van der Waals surface area contributed by atoms with E-state index in [0.717, 1.165) is 16.9 Å². The highest BCUT2D eigenvalue weighted by Gasteiger charge is 2.19. The molecule has 0 aliphatic carbocycles. The average Bonchev–Trinajstić information content (AvgIpc) is 3.35. The molecule has 1 amide bonds. The van der Waals surface area contributed by atoms with Gasteiger partial charge in [-0.25, -0.2) is 4.98 Å². The topological polar surface area (TPSA) is 90.4 Å². The molecule has 0 aliphatic rings. The number of aliphatic hydroxyl groups is 1. The van der Waals surface area contributed by atoms with Crippen molar-refractivity contribution >= 4 is 17.7 Å². The third kappa shape index (κ3) is 6.74. The molecule has 3 aromatic carbocycles. The smallest absolute Gasteiger partial charge is 0.268 e.